The smallest absolute Gasteiger partial charge is 0.248 e. The van der Waals surface area contributed by atoms with E-state index in [-0.39, 0.29) is 18.4 Å². The molecule has 1 saturated heterocycles. The molecule has 0 spiro atoms. The lowest BCUT2D eigenvalue weighted by molar-refractivity contribution is -0.133. The quantitative estimate of drug-likeness (QED) is 0.678. The van der Waals surface area contributed by atoms with Crippen LogP contribution in [0.25, 0.3) is 0 Å². The number of ether oxygens (including phenoxy) is 1. The van der Waals surface area contributed by atoms with Crippen molar-refractivity contribution in [2.24, 2.45) is 0 Å². The molecule has 1 aromatic heterocycles. The Balaban J connectivity index is 1.57. The van der Waals surface area contributed by atoms with E-state index in [0.29, 0.717) is 25.1 Å². The summed E-state index contributed by atoms with van der Waals surface area (Å²) in [5.41, 5.74) is -0.102. The molecule has 2 amide bonds. The molecular weight excluding hydrogens is 346 g/mol. The molecule has 3 N–H and O–H groups in total. The first-order valence-corrected chi connectivity index (χ1v) is 9.16. The predicted molar refractivity (Wildman–Crippen MR) is 102 cm³/mol. The van der Waals surface area contributed by atoms with Crippen LogP contribution in [0.5, 0.6) is 5.75 Å². The Labute approximate surface area is 158 Å². The summed E-state index contributed by atoms with van der Waals surface area (Å²) in [7, 11) is 0. The van der Waals surface area contributed by atoms with Crippen molar-refractivity contribution in [2.75, 3.05) is 31.6 Å². The summed E-state index contributed by atoms with van der Waals surface area (Å²) in [5.74, 6) is 0.280. The minimum Gasteiger partial charge on any atom is -0.494 e. The van der Waals surface area contributed by atoms with E-state index in [9.17, 15) is 9.59 Å². The zero-order chi connectivity index (χ0) is 19.1. The third-order valence-electron chi connectivity index (χ3n) is 4.65. The highest BCUT2D eigenvalue weighted by atomic mass is 16.5. The van der Waals surface area contributed by atoms with Crippen molar-refractivity contribution in [1.29, 1.82) is 0 Å². The number of anilines is 1. The number of benzene rings is 1. The van der Waals surface area contributed by atoms with E-state index < -0.39 is 5.54 Å². The van der Waals surface area contributed by atoms with Crippen LogP contribution in [0.2, 0.25) is 0 Å². The van der Waals surface area contributed by atoms with Gasteiger partial charge in [0.2, 0.25) is 11.8 Å². The fourth-order valence-corrected chi connectivity index (χ4v) is 3.25. The molecule has 0 atom stereocenters. The van der Waals surface area contributed by atoms with Crippen LogP contribution in [-0.2, 0) is 15.1 Å². The maximum absolute atomic E-state index is 12.9. The third kappa shape index (κ3) is 4.46. The summed E-state index contributed by atoms with van der Waals surface area (Å²) < 4.78 is 7.08. The van der Waals surface area contributed by atoms with Gasteiger partial charge in [0.05, 0.1) is 13.2 Å². The summed E-state index contributed by atoms with van der Waals surface area (Å²) >= 11 is 0. The van der Waals surface area contributed by atoms with Crippen molar-refractivity contribution in [3.8, 4) is 5.75 Å². The molecule has 0 radical (unpaired) electrons. The van der Waals surface area contributed by atoms with Gasteiger partial charge in [0.25, 0.3) is 0 Å². The van der Waals surface area contributed by atoms with Crippen LogP contribution in [-0.4, -0.2) is 47.8 Å². The van der Waals surface area contributed by atoms with Crippen LogP contribution in [0.4, 0.5) is 5.69 Å². The van der Waals surface area contributed by atoms with Gasteiger partial charge in [0.1, 0.15) is 11.3 Å². The summed E-state index contributed by atoms with van der Waals surface area (Å²) in [5, 5.41) is 13.1. The topological polar surface area (TPSA) is 97.3 Å². The van der Waals surface area contributed by atoms with E-state index in [1.807, 2.05) is 6.92 Å². The van der Waals surface area contributed by atoms with Gasteiger partial charge in [-0.25, -0.2) is 0 Å². The summed E-state index contributed by atoms with van der Waals surface area (Å²) in [4.78, 5) is 25.1. The molecule has 1 aliphatic rings. The lowest BCUT2D eigenvalue weighted by Crippen LogP contribution is -2.55. The van der Waals surface area contributed by atoms with Gasteiger partial charge in [-0.2, -0.15) is 5.10 Å². The minimum absolute atomic E-state index is 0.0948. The van der Waals surface area contributed by atoms with Crippen molar-refractivity contribution in [3.63, 3.8) is 0 Å². The summed E-state index contributed by atoms with van der Waals surface area (Å²) in [6.45, 7) is 3.86. The van der Waals surface area contributed by atoms with Crippen LogP contribution in [0.1, 0.15) is 19.8 Å². The van der Waals surface area contributed by atoms with Crippen molar-refractivity contribution < 1.29 is 14.3 Å². The Morgan fingerprint density at radius 1 is 1.26 bits per heavy atom. The predicted octanol–water partition coefficient (Wildman–Crippen LogP) is 1.12. The molecule has 27 heavy (non-hydrogen) atoms. The molecule has 144 valence electrons. The highest BCUT2D eigenvalue weighted by molar-refractivity contribution is 5.95. The van der Waals surface area contributed by atoms with Crippen LogP contribution in [0.15, 0.2) is 42.7 Å². The molecular formula is C19H25N5O3. The van der Waals surface area contributed by atoms with Crippen molar-refractivity contribution in [3.05, 3.63) is 42.7 Å². The number of hydrogen-bond donors (Lipinski definition) is 3. The second-order valence-electron chi connectivity index (χ2n) is 6.42. The number of carbonyl (C=O) groups excluding carboxylic acids is 2. The van der Waals surface area contributed by atoms with E-state index in [0.717, 1.165) is 18.8 Å². The molecule has 0 unspecified atom stereocenters. The molecule has 0 saturated carbocycles. The van der Waals surface area contributed by atoms with E-state index in [1.54, 1.807) is 47.4 Å². The van der Waals surface area contributed by atoms with Gasteiger partial charge in [-0.05, 0) is 63.2 Å². The third-order valence-corrected chi connectivity index (χ3v) is 4.65. The van der Waals surface area contributed by atoms with Crippen LogP contribution < -0.4 is 20.7 Å². The first-order chi connectivity index (χ1) is 13.1. The highest BCUT2D eigenvalue weighted by Crippen LogP contribution is 2.27. The SMILES string of the molecule is CCOc1ccc(NC(=O)CNC(=O)C2(n3cccn3)CCNCC2)cc1. The fourth-order valence-electron chi connectivity index (χ4n) is 3.25. The Morgan fingerprint density at radius 2 is 2.00 bits per heavy atom. The average Bonchev–Trinajstić information content (AvgIpc) is 3.24. The molecule has 2 heterocycles. The van der Waals surface area contributed by atoms with Crippen molar-refractivity contribution >= 4 is 17.5 Å². The van der Waals surface area contributed by atoms with Gasteiger partial charge in [-0.15, -0.1) is 0 Å². The number of rotatable bonds is 7. The lowest BCUT2D eigenvalue weighted by atomic mass is 9.87. The standard InChI is InChI=1S/C19H25N5O3/c1-2-27-16-6-4-15(5-7-16)23-17(25)14-21-18(26)19(8-11-20-12-9-19)24-13-3-10-22-24/h3-7,10,13,20H,2,8-9,11-12,14H2,1H3,(H,21,26)(H,23,25). The van der Waals surface area contributed by atoms with Gasteiger partial charge >= 0.3 is 0 Å². The average molecular weight is 371 g/mol. The molecule has 1 aromatic carbocycles. The summed E-state index contributed by atoms with van der Waals surface area (Å²) in [6.07, 6.45) is 4.71. The summed E-state index contributed by atoms with van der Waals surface area (Å²) in [6, 6.07) is 8.92. The van der Waals surface area contributed by atoms with E-state index in [4.69, 9.17) is 4.74 Å². The van der Waals surface area contributed by atoms with Crippen molar-refractivity contribution in [1.82, 2.24) is 20.4 Å². The largest absolute Gasteiger partial charge is 0.494 e. The first kappa shape index (κ1) is 18.9. The number of hydrogen-bond acceptors (Lipinski definition) is 5. The molecule has 0 bridgehead atoms. The number of carbonyl (C=O) groups is 2. The van der Waals surface area contributed by atoms with Crippen LogP contribution in [0, 0.1) is 0 Å². The molecule has 0 aliphatic carbocycles. The highest BCUT2D eigenvalue weighted by Gasteiger charge is 2.41. The first-order valence-electron chi connectivity index (χ1n) is 9.16. The molecule has 1 fully saturated rings. The second-order valence-corrected chi connectivity index (χ2v) is 6.42. The van der Waals surface area contributed by atoms with Gasteiger partial charge in [-0.3, -0.25) is 14.3 Å². The number of aromatic nitrogens is 2. The molecule has 1 aliphatic heterocycles. The second kappa shape index (κ2) is 8.68. The Kier molecular flexibility index (Phi) is 6.08. The fraction of sp³-hybridized carbons (Fsp3) is 0.421. The Hall–Kier alpha value is -2.87. The molecule has 8 heteroatoms. The maximum atomic E-state index is 12.9. The molecule has 3 rings (SSSR count). The van der Waals surface area contributed by atoms with Gasteiger partial charge in [0, 0.05) is 18.1 Å². The Bertz CT molecular complexity index is 752. The van der Waals surface area contributed by atoms with Crippen LogP contribution >= 0.6 is 0 Å². The van der Waals surface area contributed by atoms with Crippen LogP contribution in [0.3, 0.4) is 0 Å². The lowest BCUT2D eigenvalue weighted by Gasteiger charge is -2.36. The molecule has 2 aromatic rings. The number of piperidine rings is 1. The zero-order valence-electron chi connectivity index (χ0n) is 15.4. The van der Waals surface area contributed by atoms with Crippen molar-refractivity contribution in [2.45, 2.75) is 25.3 Å². The Morgan fingerprint density at radius 3 is 2.63 bits per heavy atom. The minimum atomic E-state index is -0.756. The monoisotopic (exact) mass is 371 g/mol. The number of amides is 2. The maximum Gasteiger partial charge on any atom is 0.248 e. The molecule has 8 nitrogen and oxygen atoms in total. The van der Waals surface area contributed by atoms with E-state index >= 15 is 0 Å². The van der Waals surface area contributed by atoms with Gasteiger partial charge in [-0.1, -0.05) is 0 Å². The number of nitrogens with one attached hydrogen (secondary N) is 3. The van der Waals surface area contributed by atoms with Gasteiger partial charge < -0.3 is 20.7 Å². The normalized spacial score (nSPS) is 15.7. The zero-order valence-corrected chi connectivity index (χ0v) is 15.4. The van der Waals surface area contributed by atoms with E-state index in [2.05, 4.69) is 21.0 Å². The van der Waals surface area contributed by atoms with E-state index in [1.165, 1.54) is 0 Å². The number of nitrogens with zero attached hydrogens (tertiary/aromatic N) is 2. The van der Waals surface area contributed by atoms with Gasteiger partial charge in [0.15, 0.2) is 0 Å².